The lowest BCUT2D eigenvalue weighted by molar-refractivity contribution is 0.0666. The van der Waals surface area contributed by atoms with Gasteiger partial charge in [-0.1, -0.05) is 108 Å². The maximum absolute atomic E-state index is 14.7. The molecule has 1 spiro atoms. The number of benzene rings is 4. The van der Waals surface area contributed by atoms with Crippen LogP contribution in [0.25, 0.3) is 6.08 Å². The van der Waals surface area contributed by atoms with Crippen molar-refractivity contribution in [3.63, 3.8) is 0 Å². The van der Waals surface area contributed by atoms with Crippen LogP contribution in [0.5, 0.6) is 0 Å². The van der Waals surface area contributed by atoms with Gasteiger partial charge in [0.15, 0.2) is 17.3 Å². The number of nitrogens with zero attached hydrogens (tertiary/aromatic N) is 1. The molecule has 6 heteroatoms. The highest BCUT2D eigenvalue weighted by Crippen LogP contribution is 2.61. The summed E-state index contributed by atoms with van der Waals surface area (Å²) >= 11 is 13.2. The molecule has 3 aliphatic rings. The molecule has 4 aromatic rings. The van der Waals surface area contributed by atoms with E-state index in [1.165, 1.54) is 0 Å². The summed E-state index contributed by atoms with van der Waals surface area (Å²) < 4.78 is 0. The number of aryl methyl sites for hydroxylation is 1. The van der Waals surface area contributed by atoms with Crippen LogP contribution < -0.4 is 4.90 Å². The zero-order chi connectivity index (χ0) is 27.8. The van der Waals surface area contributed by atoms with Crippen LogP contribution in [-0.4, -0.2) is 29.4 Å². The van der Waals surface area contributed by atoms with Crippen LogP contribution in [-0.2, 0) is 0 Å². The quantitative estimate of drug-likeness (QED) is 0.190. The molecule has 7 rings (SSSR count). The van der Waals surface area contributed by atoms with Gasteiger partial charge in [-0.05, 0) is 42.3 Å². The highest BCUT2D eigenvalue weighted by molar-refractivity contribution is 6.34. The van der Waals surface area contributed by atoms with Crippen molar-refractivity contribution < 1.29 is 14.4 Å². The van der Waals surface area contributed by atoms with Gasteiger partial charge in [-0.2, -0.15) is 0 Å². The third-order valence-electron chi connectivity index (χ3n) is 8.61. The Morgan fingerprint density at radius 3 is 2.15 bits per heavy atom. The van der Waals surface area contributed by atoms with Crippen molar-refractivity contribution in [2.45, 2.75) is 24.9 Å². The van der Waals surface area contributed by atoms with Gasteiger partial charge < -0.3 is 4.90 Å². The van der Waals surface area contributed by atoms with Crippen molar-refractivity contribution in [3.8, 4) is 0 Å². The summed E-state index contributed by atoms with van der Waals surface area (Å²) in [4.78, 5) is 45.9. The molecule has 0 bridgehead atoms. The lowest BCUT2D eigenvalue weighted by Crippen LogP contribution is -2.48. The third-order valence-corrected chi connectivity index (χ3v) is 9.19. The van der Waals surface area contributed by atoms with Crippen molar-refractivity contribution in [1.82, 2.24) is 0 Å². The van der Waals surface area contributed by atoms with Gasteiger partial charge in [-0.3, -0.25) is 14.4 Å². The van der Waals surface area contributed by atoms with Crippen molar-refractivity contribution >= 4 is 52.3 Å². The minimum absolute atomic E-state index is 0.181. The molecule has 3 atom stereocenters. The first-order chi connectivity index (χ1) is 19.3. The van der Waals surface area contributed by atoms with Crippen molar-refractivity contribution in [3.05, 3.63) is 140 Å². The van der Waals surface area contributed by atoms with Gasteiger partial charge in [0.2, 0.25) is 0 Å². The van der Waals surface area contributed by atoms with Crippen LogP contribution in [0, 0.1) is 12.3 Å². The minimum Gasteiger partial charge on any atom is -0.352 e. The molecular formula is C34H23Cl2NO3. The normalized spacial score (nSPS) is 21.9. The summed E-state index contributed by atoms with van der Waals surface area (Å²) in [5.41, 5.74) is 2.85. The summed E-state index contributed by atoms with van der Waals surface area (Å²) in [7, 11) is 0. The lowest BCUT2D eigenvalue weighted by atomic mass is 9.64. The highest BCUT2D eigenvalue weighted by atomic mass is 35.5. The number of hydrogen-bond acceptors (Lipinski definition) is 4. The van der Waals surface area contributed by atoms with Crippen molar-refractivity contribution in [2.24, 2.45) is 5.41 Å². The molecule has 0 saturated carbocycles. The molecule has 1 fully saturated rings. The fourth-order valence-corrected chi connectivity index (χ4v) is 7.34. The number of carbonyl (C=O) groups excluding carboxylic acids is 3. The lowest BCUT2D eigenvalue weighted by Gasteiger charge is -2.37. The largest absolute Gasteiger partial charge is 0.352 e. The number of fused-ring (bicyclic) bond motifs is 5. The molecule has 196 valence electrons. The van der Waals surface area contributed by atoms with Crippen LogP contribution in [0.4, 0.5) is 5.69 Å². The Kier molecular flexibility index (Phi) is 5.64. The molecule has 1 saturated heterocycles. The van der Waals surface area contributed by atoms with E-state index >= 15 is 0 Å². The van der Waals surface area contributed by atoms with Gasteiger partial charge in [0.05, 0.1) is 6.04 Å². The molecule has 4 aromatic carbocycles. The number of halogens is 2. The summed E-state index contributed by atoms with van der Waals surface area (Å²) in [6.07, 6.45) is 3.78. The monoisotopic (exact) mass is 563 g/mol. The molecule has 0 aromatic heterocycles. The van der Waals surface area contributed by atoms with Gasteiger partial charge in [0, 0.05) is 38.3 Å². The predicted octanol–water partition coefficient (Wildman–Crippen LogP) is 7.62. The van der Waals surface area contributed by atoms with Gasteiger partial charge >= 0.3 is 0 Å². The zero-order valence-electron chi connectivity index (χ0n) is 21.5. The maximum Gasteiger partial charge on any atom is 0.185 e. The SMILES string of the molecule is Cc1ccc(C(=O)[C@@H]2[C@H](c3ccccc3Cl)C3(C(=O)c4ccccc4C3=O)[C@@H]3C=Cc4cc(Cl)ccc4N23)cc1. The number of anilines is 1. The predicted molar refractivity (Wildman–Crippen MR) is 158 cm³/mol. The Bertz CT molecular complexity index is 1740. The van der Waals surface area contributed by atoms with E-state index in [0.717, 1.165) is 16.8 Å². The number of Topliss-reactive ketones (excluding diaryl/α,β-unsaturated/α-hetero) is 3. The molecule has 0 N–H and O–H groups in total. The number of ketones is 3. The Morgan fingerprint density at radius 2 is 1.48 bits per heavy atom. The van der Waals surface area contributed by atoms with E-state index in [4.69, 9.17) is 23.2 Å². The van der Waals surface area contributed by atoms with Gasteiger partial charge in [-0.15, -0.1) is 0 Å². The number of carbonyl (C=O) groups is 3. The van der Waals surface area contributed by atoms with Gasteiger partial charge in [-0.25, -0.2) is 0 Å². The smallest absolute Gasteiger partial charge is 0.185 e. The van der Waals surface area contributed by atoms with E-state index in [1.807, 2.05) is 66.4 Å². The topological polar surface area (TPSA) is 54.5 Å². The molecule has 4 nitrogen and oxygen atoms in total. The van der Waals surface area contributed by atoms with Gasteiger partial charge in [0.1, 0.15) is 11.5 Å². The van der Waals surface area contributed by atoms with Crippen LogP contribution >= 0.6 is 23.2 Å². The second-order valence-electron chi connectivity index (χ2n) is 10.7. The Morgan fingerprint density at radius 1 is 0.825 bits per heavy atom. The molecule has 2 aliphatic heterocycles. The molecule has 40 heavy (non-hydrogen) atoms. The Hall–Kier alpha value is -3.99. The first-order valence-corrected chi connectivity index (χ1v) is 13.9. The molecular weight excluding hydrogens is 541 g/mol. The van der Waals surface area contributed by atoms with Crippen molar-refractivity contribution in [2.75, 3.05) is 4.90 Å². The molecule has 2 heterocycles. The standard InChI is InChI=1S/C34H23Cl2NO3/c1-19-10-12-20(13-11-19)31(38)30-29(25-8-4-5-9-26(25)36)34(32(39)23-6-2-3-7-24(23)33(34)40)28-17-14-21-18-22(35)15-16-27(21)37(28)30/h2-18,28-30H,1H3/t28-,29-,30-/m0/s1. The average Bonchev–Trinajstić information content (AvgIpc) is 3.39. The summed E-state index contributed by atoms with van der Waals surface area (Å²) in [5, 5.41) is 0.963. The van der Waals surface area contributed by atoms with E-state index in [1.54, 1.807) is 48.5 Å². The fourth-order valence-electron chi connectivity index (χ4n) is 6.91. The minimum atomic E-state index is -1.59. The molecule has 1 aliphatic carbocycles. The maximum atomic E-state index is 14.7. The van der Waals surface area contributed by atoms with Crippen LogP contribution in [0.2, 0.25) is 10.0 Å². The first-order valence-electron chi connectivity index (χ1n) is 13.1. The number of rotatable bonds is 3. The fraction of sp³-hybridized carbons (Fsp3) is 0.147. The van der Waals surface area contributed by atoms with E-state index in [9.17, 15) is 14.4 Å². The van der Waals surface area contributed by atoms with Gasteiger partial charge in [0.25, 0.3) is 0 Å². The number of hydrogen-bond donors (Lipinski definition) is 0. The first kappa shape index (κ1) is 25.0. The Balaban J connectivity index is 1.56. The third kappa shape index (κ3) is 3.30. The second-order valence-corrected chi connectivity index (χ2v) is 11.5. The summed E-state index contributed by atoms with van der Waals surface area (Å²) in [5.74, 6) is -1.60. The summed E-state index contributed by atoms with van der Waals surface area (Å²) in [6, 6.07) is 25.4. The molecule has 0 unspecified atom stereocenters. The van der Waals surface area contributed by atoms with Crippen LogP contribution in [0.15, 0.2) is 97.1 Å². The highest BCUT2D eigenvalue weighted by Gasteiger charge is 2.71. The Labute approximate surface area is 241 Å². The average molecular weight is 564 g/mol. The zero-order valence-corrected chi connectivity index (χ0v) is 23.0. The van der Waals surface area contributed by atoms with E-state index < -0.39 is 23.4 Å². The van der Waals surface area contributed by atoms with Crippen LogP contribution in [0.3, 0.4) is 0 Å². The second kappa shape index (κ2) is 9.02. The molecule has 0 radical (unpaired) electrons. The van der Waals surface area contributed by atoms with Crippen LogP contribution in [0.1, 0.15) is 53.7 Å². The van der Waals surface area contributed by atoms with E-state index in [2.05, 4.69) is 0 Å². The van der Waals surface area contributed by atoms with E-state index in [0.29, 0.717) is 32.3 Å². The summed E-state index contributed by atoms with van der Waals surface area (Å²) in [6.45, 7) is 1.96. The van der Waals surface area contributed by atoms with Crippen molar-refractivity contribution in [1.29, 1.82) is 0 Å². The van der Waals surface area contributed by atoms with E-state index in [-0.39, 0.29) is 17.3 Å². The molecule has 0 amide bonds.